The molecule has 1 rings (SSSR count). The lowest BCUT2D eigenvalue weighted by atomic mass is 10.3. The van der Waals surface area contributed by atoms with E-state index in [0.717, 1.165) is 5.75 Å². The predicted octanol–water partition coefficient (Wildman–Crippen LogP) is 2.64. The highest BCUT2D eigenvalue weighted by molar-refractivity contribution is 14.1. The van der Waals surface area contributed by atoms with E-state index < -0.39 is 6.48 Å². The quantitative estimate of drug-likeness (QED) is 0.618. The van der Waals surface area contributed by atoms with Crippen LogP contribution in [0, 0.1) is 3.57 Å². The van der Waals surface area contributed by atoms with E-state index in [1.54, 1.807) is 7.11 Å². The number of methoxy groups -OCH3 is 1. The van der Waals surface area contributed by atoms with Gasteiger partial charge in [-0.05, 0) is 53.8 Å². The molecule has 1 unspecified atom stereocenters. The highest BCUT2D eigenvalue weighted by Gasteiger charge is 2.07. The Morgan fingerprint density at radius 2 is 1.93 bits per heavy atom. The fourth-order valence-corrected chi connectivity index (χ4v) is 1.27. The van der Waals surface area contributed by atoms with E-state index in [0.29, 0.717) is 6.61 Å². The lowest BCUT2D eigenvalue weighted by molar-refractivity contribution is -0.231. The Bertz CT molecular complexity index is 261. The van der Waals surface area contributed by atoms with E-state index in [2.05, 4.69) is 22.6 Å². The molecular formula is C10H13IO3. The average Bonchev–Trinajstić information content (AvgIpc) is 2.20. The Morgan fingerprint density at radius 1 is 1.29 bits per heavy atom. The molecule has 0 aromatic heterocycles. The first kappa shape index (κ1) is 11.7. The van der Waals surface area contributed by atoms with Crippen molar-refractivity contribution in [2.45, 2.75) is 13.4 Å². The Hall–Kier alpha value is -0.330. The van der Waals surface area contributed by atoms with E-state index in [9.17, 15) is 0 Å². The Balaban J connectivity index is 2.53. The summed E-state index contributed by atoms with van der Waals surface area (Å²) in [6.45, 7) is 1.83. The van der Waals surface area contributed by atoms with Gasteiger partial charge in [0.1, 0.15) is 5.75 Å². The molecule has 0 aliphatic rings. The van der Waals surface area contributed by atoms with Gasteiger partial charge in [-0.25, -0.2) is 0 Å². The van der Waals surface area contributed by atoms with Crippen LogP contribution in [0.15, 0.2) is 24.3 Å². The fourth-order valence-electron chi connectivity index (χ4n) is 0.911. The van der Waals surface area contributed by atoms with Gasteiger partial charge in [-0.15, -0.1) is 0 Å². The molecule has 0 spiro atoms. The summed E-state index contributed by atoms with van der Waals surface area (Å²) in [7, 11) is 1.55. The number of halogens is 1. The summed E-state index contributed by atoms with van der Waals surface area (Å²) in [4.78, 5) is 0. The molecule has 0 saturated carbocycles. The first-order chi connectivity index (χ1) is 6.76. The summed E-state index contributed by atoms with van der Waals surface area (Å²) >= 11 is 2.24. The van der Waals surface area contributed by atoms with Gasteiger partial charge < -0.3 is 14.2 Å². The van der Waals surface area contributed by atoms with Crippen LogP contribution < -0.4 is 4.74 Å². The van der Waals surface area contributed by atoms with E-state index in [1.165, 1.54) is 3.57 Å². The summed E-state index contributed by atoms with van der Waals surface area (Å²) in [5, 5.41) is 0. The van der Waals surface area contributed by atoms with E-state index >= 15 is 0 Å². The van der Waals surface area contributed by atoms with Crippen molar-refractivity contribution in [1.29, 1.82) is 0 Å². The van der Waals surface area contributed by atoms with Gasteiger partial charge >= 0.3 is 6.48 Å². The van der Waals surface area contributed by atoms with Crippen molar-refractivity contribution < 1.29 is 14.2 Å². The van der Waals surface area contributed by atoms with Gasteiger partial charge in [-0.1, -0.05) is 0 Å². The molecule has 14 heavy (non-hydrogen) atoms. The third-order valence-corrected chi connectivity index (χ3v) is 2.26. The van der Waals surface area contributed by atoms with Crippen LogP contribution >= 0.6 is 22.6 Å². The van der Waals surface area contributed by atoms with Crippen LogP contribution in [0.2, 0.25) is 0 Å². The maximum absolute atomic E-state index is 5.41. The Morgan fingerprint density at radius 3 is 2.43 bits per heavy atom. The van der Waals surface area contributed by atoms with Gasteiger partial charge in [-0.2, -0.15) is 0 Å². The molecule has 0 amide bonds. The second-order valence-electron chi connectivity index (χ2n) is 2.55. The van der Waals surface area contributed by atoms with Gasteiger partial charge in [0.2, 0.25) is 0 Å². The minimum absolute atomic E-state index is 0.558. The van der Waals surface area contributed by atoms with Crippen molar-refractivity contribution in [3.8, 4) is 5.75 Å². The highest BCUT2D eigenvalue weighted by atomic mass is 127. The average molecular weight is 308 g/mol. The zero-order valence-corrected chi connectivity index (χ0v) is 10.4. The smallest absolute Gasteiger partial charge is 0.315 e. The molecule has 0 fully saturated rings. The van der Waals surface area contributed by atoms with Crippen LogP contribution in [-0.2, 0) is 9.47 Å². The highest BCUT2D eigenvalue weighted by Crippen LogP contribution is 2.15. The van der Waals surface area contributed by atoms with Gasteiger partial charge in [-0.3, -0.25) is 0 Å². The predicted molar refractivity (Wildman–Crippen MR) is 62.2 cm³/mol. The normalized spacial score (nSPS) is 12.5. The topological polar surface area (TPSA) is 27.7 Å². The van der Waals surface area contributed by atoms with E-state index in [4.69, 9.17) is 14.2 Å². The fraction of sp³-hybridized carbons (Fsp3) is 0.400. The van der Waals surface area contributed by atoms with Gasteiger partial charge in [0.05, 0.1) is 6.61 Å². The molecule has 0 radical (unpaired) electrons. The van der Waals surface area contributed by atoms with Crippen molar-refractivity contribution in [2.75, 3.05) is 13.7 Å². The lowest BCUT2D eigenvalue weighted by Crippen LogP contribution is -2.22. The second kappa shape index (κ2) is 6.21. The Kier molecular flexibility index (Phi) is 5.21. The van der Waals surface area contributed by atoms with Crippen molar-refractivity contribution in [2.24, 2.45) is 0 Å². The van der Waals surface area contributed by atoms with Crippen molar-refractivity contribution in [3.63, 3.8) is 0 Å². The molecular weight excluding hydrogens is 295 g/mol. The van der Waals surface area contributed by atoms with E-state index in [-0.39, 0.29) is 0 Å². The summed E-state index contributed by atoms with van der Waals surface area (Å²) in [5.41, 5.74) is 0. The number of hydrogen-bond acceptors (Lipinski definition) is 3. The van der Waals surface area contributed by atoms with E-state index in [1.807, 2.05) is 31.2 Å². The third-order valence-electron chi connectivity index (χ3n) is 1.54. The van der Waals surface area contributed by atoms with Gasteiger partial charge in [0, 0.05) is 10.7 Å². The summed E-state index contributed by atoms with van der Waals surface area (Å²) in [5.74, 6) is 0.741. The molecule has 1 aromatic carbocycles. The summed E-state index contributed by atoms with van der Waals surface area (Å²) < 4.78 is 16.7. The molecule has 0 N–H and O–H groups in total. The zero-order valence-electron chi connectivity index (χ0n) is 8.20. The van der Waals surface area contributed by atoms with Crippen molar-refractivity contribution >= 4 is 22.6 Å². The monoisotopic (exact) mass is 308 g/mol. The lowest BCUT2D eigenvalue weighted by Gasteiger charge is -2.16. The molecule has 3 nitrogen and oxygen atoms in total. The molecule has 0 aliphatic heterocycles. The van der Waals surface area contributed by atoms with Gasteiger partial charge in [0.15, 0.2) is 0 Å². The van der Waals surface area contributed by atoms with Crippen LogP contribution in [0.25, 0.3) is 0 Å². The zero-order chi connectivity index (χ0) is 10.4. The number of ether oxygens (including phenoxy) is 3. The minimum Gasteiger partial charge on any atom is -0.441 e. The first-order valence-electron chi connectivity index (χ1n) is 4.33. The van der Waals surface area contributed by atoms with Crippen molar-refractivity contribution in [1.82, 2.24) is 0 Å². The third kappa shape index (κ3) is 3.81. The summed E-state index contributed by atoms with van der Waals surface area (Å²) in [6, 6.07) is 7.70. The number of benzene rings is 1. The molecule has 0 bridgehead atoms. The van der Waals surface area contributed by atoms with Gasteiger partial charge in [0.25, 0.3) is 0 Å². The minimum atomic E-state index is -0.625. The van der Waals surface area contributed by atoms with Crippen LogP contribution in [0.3, 0.4) is 0 Å². The molecule has 1 atom stereocenters. The summed E-state index contributed by atoms with van der Waals surface area (Å²) in [6.07, 6.45) is 0. The first-order valence-corrected chi connectivity index (χ1v) is 5.40. The van der Waals surface area contributed by atoms with Crippen LogP contribution in [0.5, 0.6) is 5.75 Å². The maximum atomic E-state index is 5.41. The maximum Gasteiger partial charge on any atom is 0.315 e. The molecule has 0 saturated heterocycles. The molecule has 4 heteroatoms. The van der Waals surface area contributed by atoms with Crippen molar-refractivity contribution in [3.05, 3.63) is 27.8 Å². The SMILES string of the molecule is CCOC(OC)Oc1ccc(I)cc1. The largest absolute Gasteiger partial charge is 0.441 e. The molecule has 0 heterocycles. The van der Waals surface area contributed by atoms with Crippen LogP contribution in [0.4, 0.5) is 0 Å². The van der Waals surface area contributed by atoms with Crippen LogP contribution in [-0.4, -0.2) is 20.2 Å². The Labute approximate surface area is 97.5 Å². The molecule has 78 valence electrons. The second-order valence-corrected chi connectivity index (χ2v) is 3.80. The number of hydrogen-bond donors (Lipinski definition) is 0. The standard InChI is InChI=1S/C10H13IO3/c1-3-13-10(12-2)14-9-6-4-8(11)5-7-9/h4-7,10H,3H2,1-2H3. The molecule has 0 aliphatic carbocycles. The molecule has 1 aromatic rings. The van der Waals surface area contributed by atoms with Crippen LogP contribution in [0.1, 0.15) is 6.92 Å². The number of rotatable bonds is 5.